The third kappa shape index (κ3) is 4.77. The molecule has 3 N–H and O–H groups in total. The summed E-state index contributed by atoms with van der Waals surface area (Å²) in [6.07, 6.45) is 14.3. The second kappa shape index (κ2) is 10.0. The molecule has 1 aromatic carbocycles. The molecule has 200 valence electrons. The molecule has 36 heavy (non-hydrogen) atoms. The van der Waals surface area contributed by atoms with Gasteiger partial charge in [0.2, 0.25) is 0 Å². The van der Waals surface area contributed by atoms with Crippen molar-refractivity contribution in [2.24, 2.45) is 22.7 Å². The molecule has 5 rings (SSSR count). The van der Waals surface area contributed by atoms with Crippen LogP contribution in [0.25, 0.3) is 0 Å². The van der Waals surface area contributed by atoms with Gasteiger partial charge in [0.1, 0.15) is 0 Å². The van der Waals surface area contributed by atoms with Crippen LogP contribution in [0.3, 0.4) is 0 Å². The summed E-state index contributed by atoms with van der Waals surface area (Å²) < 4.78 is 34.3. The second-order valence-corrected chi connectivity index (χ2v) is 13.5. The summed E-state index contributed by atoms with van der Waals surface area (Å²) >= 11 is 0. The first kappa shape index (κ1) is 26.2. The highest BCUT2D eigenvalue weighted by Gasteiger charge is 2.63. The molecule has 1 saturated heterocycles. The van der Waals surface area contributed by atoms with Crippen molar-refractivity contribution in [2.45, 2.75) is 89.6 Å². The summed E-state index contributed by atoms with van der Waals surface area (Å²) in [5.41, 5.74) is 2.78. The third-order valence-corrected chi connectivity index (χ3v) is 10.9. The topological polar surface area (TPSA) is 89.9 Å². The van der Waals surface area contributed by atoms with Crippen LogP contribution in [0.5, 0.6) is 0 Å². The van der Waals surface area contributed by atoms with E-state index in [1.165, 1.54) is 62.9 Å². The van der Waals surface area contributed by atoms with Crippen LogP contribution >= 0.6 is 0 Å². The standard InChI is InChI=1S/C29H44N2O4S/c1-3-29-15-14-21-19-23(30-36(33,34)35)10-11-24(21)27(29)22(20-28(2)25(29)12-13-26(28)32)9-5-4-6-16-31-17-7-8-18-31/h3,10-11,19,22,25-27,30,32H,1,4-9,12-18,20H2,2H3,(H,33,34,35)/t22-,25?,26-,27?,28-,29?/m0/s1. The van der Waals surface area contributed by atoms with Crippen molar-refractivity contribution in [2.75, 3.05) is 24.4 Å². The number of fused-ring (bicyclic) bond motifs is 5. The van der Waals surface area contributed by atoms with Gasteiger partial charge in [0, 0.05) is 0 Å². The minimum atomic E-state index is -4.30. The summed E-state index contributed by atoms with van der Waals surface area (Å²) in [5, 5.41) is 11.1. The molecule has 4 aliphatic rings. The highest BCUT2D eigenvalue weighted by molar-refractivity contribution is 7.87. The largest absolute Gasteiger partial charge is 0.393 e. The maximum absolute atomic E-state index is 11.4. The van der Waals surface area contributed by atoms with Gasteiger partial charge in [-0.25, -0.2) is 0 Å². The predicted molar refractivity (Wildman–Crippen MR) is 144 cm³/mol. The Kier molecular flexibility index (Phi) is 7.31. The van der Waals surface area contributed by atoms with E-state index in [-0.39, 0.29) is 16.9 Å². The van der Waals surface area contributed by atoms with E-state index >= 15 is 0 Å². The highest BCUT2D eigenvalue weighted by atomic mass is 32.2. The number of aliphatic hydroxyl groups is 1. The minimum absolute atomic E-state index is 0.0459. The molecule has 6 nitrogen and oxygen atoms in total. The van der Waals surface area contributed by atoms with Gasteiger partial charge in [0.05, 0.1) is 11.8 Å². The van der Waals surface area contributed by atoms with Crippen molar-refractivity contribution in [3.63, 3.8) is 0 Å². The molecule has 3 unspecified atom stereocenters. The zero-order valence-electron chi connectivity index (χ0n) is 21.8. The third-order valence-electron chi connectivity index (χ3n) is 10.4. The first-order chi connectivity index (χ1) is 17.2. The summed E-state index contributed by atoms with van der Waals surface area (Å²) in [4.78, 5) is 2.60. The molecule has 0 aromatic heterocycles. The number of anilines is 1. The molecule has 6 atom stereocenters. The predicted octanol–water partition coefficient (Wildman–Crippen LogP) is 5.56. The Balaban J connectivity index is 1.41. The minimum Gasteiger partial charge on any atom is -0.393 e. The Morgan fingerprint density at radius 1 is 1.19 bits per heavy atom. The summed E-state index contributed by atoms with van der Waals surface area (Å²) in [7, 11) is -4.30. The highest BCUT2D eigenvalue weighted by Crippen LogP contribution is 2.69. The van der Waals surface area contributed by atoms with Crippen LogP contribution in [-0.2, 0) is 16.7 Å². The number of likely N-dealkylation sites (tertiary alicyclic amines) is 1. The van der Waals surface area contributed by atoms with Crippen molar-refractivity contribution in [3.05, 3.63) is 42.0 Å². The fourth-order valence-corrected chi connectivity index (χ4v) is 9.27. The van der Waals surface area contributed by atoms with Crippen molar-refractivity contribution in [1.82, 2.24) is 4.90 Å². The van der Waals surface area contributed by atoms with Crippen molar-refractivity contribution >= 4 is 16.0 Å². The number of hydrogen-bond acceptors (Lipinski definition) is 4. The molecular formula is C29H44N2O4S. The lowest BCUT2D eigenvalue weighted by Gasteiger charge is -2.60. The summed E-state index contributed by atoms with van der Waals surface area (Å²) in [6.45, 7) is 10.5. The lowest BCUT2D eigenvalue weighted by Crippen LogP contribution is -2.54. The van der Waals surface area contributed by atoms with E-state index in [4.69, 9.17) is 0 Å². The molecule has 2 saturated carbocycles. The second-order valence-electron chi connectivity index (χ2n) is 12.3. The molecule has 0 bridgehead atoms. The van der Waals surface area contributed by atoms with E-state index < -0.39 is 10.3 Å². The lowest BCUT2D eigenvalue weighted by molar-refractivity contribution is -0.0812. The zero-order valence-corrected chi connectivity index (χ0v) is 22.6. The van der Waals surface area contributed by atoms with E-state index in [9.17, 15) is 18.1 Å². The summed E-state index contributed by atoms with van der Waals surface area (Å²) in [5.74, 6) is 1.21. The molecule has 7 heteroatoms. The maximum Gasteiger partial charge on any atom is 0.357 e. The number of rotatable bonds is 9. The van der Waals surface area contributed by atoms with E-state index in [2.05, 4.69) is 35.3 Å². The van der Waals surface area contributed by atoms with Crippen LogP contribution in [0.15, 0.2) is 30.9 Å². The van der Waals surface area contributed by atoms with Crippen LogP contribution < -0.4 is 4.72 Å². The van der Waals surface area contributed by atoms with Crippen LogP contribution in [-0.4, -0.2) is 48.7 Å². The van der Waals surface area contributed by atoms with Gasteiger partial charge < -0.3 is 10.0 Å². The Bertz CT molecular complexity index is 1070. The normalized spacial score (nSPS) is 36.2. The Morgan fingerprint density at radius 3 is 2.69 bits per heavy atom. The van der Waals surface area contributed by atoms with Crippen molar-refractivity contribution in [3.8, 4) is 0 Å². The smallest absolute Gasteiger partial charge is 0.357 e. The van der Waals surface area contributed by atoms with Crippen LogP contribution in [0.1, 0.15) is 88.2 Å². The molecule has 0 spiro atoms. The number of nitrogens with one attached hydrogen (secondary N) is 1. The zero-order chi connectivity index (χ0) is 25.6. The average Bonchev–Trinajstić information content (AvgIpc) is 3.45. The first-order valence-corrected chi connectivity index (χ1v) is 15.5. The van der Waals surface area contributed by atoms with Crippen molar-refractivity contribution < 1.29 is 18.1 Å². The molecule has 3 fully saturated rings. The number of allylic oxidation sites excluding steroid dienone is 1. The van der Waals surface area contributed by atoms with Gasteiger partial charge in [0.15, 0.2) is 0 Å². The molecule has 1 aromatic rings. The SMILES string of the molecule is C=CC12CCc3cc(NS(=O)(=O)O)ccc3C1[C@@H](CCCCCN1CCCC1)C[C@@]1(C)C2CC[C@@H]1O. The molecular weight excluding hydrogens is 472 g/mol. The monoisotopic (exact) mass is 516 g/mol. The van der Waals surface area contributed by atoms with Gasteiger partial charge >= 0.3 is 10.3 Å². The molecule has 3 aliphatic carbocycles. The number of unbranched alkanes of at least 4 members (excludes halogenated alkanes) is 2. The van der Waals surface area contributed by atoms with E-state index in [1.54, 1.807) is 6.07 Å². The van der Waals surface area contributed by atoms with Gasteiger partial charge in [-0.05, 0) is 129 Å². The van der Waals surface area contributed by atoms with Crippen LogP contribution in [0, 0.1) is 22.7 Å². The number of hydrogen-bond donors (Lipinski definition) is 3. The first-order valence-electron chi connectivity index (χ1n) is 14.1. The van der Waals surface area contributed by atoms with Gasteiger partial charge in [-0.2, -0.15) is 8.42 Å². The van der Waals surface area contributed by atoms with Crippen LogP contribution in [0.2, 0.25) is 0 Å². The van der Waals surface area contributed by atoms with E-state index in [0.717, 1.165) is 38.5 Å². The number of benzene rings is 1. The maximum atomic E-state index is 11.4. The van der Waals surface area contributed by atoms with Crippen molar-refractivity contribution in [1.29, 1.82) is 0 Å². The molecule has 1 heterocycles. The van der Waals surface area contributed by atoms with Gasteiger partial charge in [0.25, 0.3) is 0 Å². The molecule has 1 aliphatic heterocycles. The molecule has 0 amide bonds. The lowest BCUT2D eigenvalue weighted by atomic mass is 9.44. The fraction of sp³-hybridized carbons (Fsp3) is 0.724. The Morgan fingerprint density at radius 2 is 1.97 bits per heavy atom. The van der Waals surface area contributed by atoms with Crippen LogP contribution in [0.4, 0.5) is 5.69 Å². The van der Waals surface area contributed by atoms with Gasteiger partial charge in [-0.15, -0.1) is 6.58 Å². The average molecular weight is 517 g/mol. The quantitative estimate of drug-likeness (QED) is 0.227. The number of aryl methyl sites for hydroxylation is 1. The number of aliphatic hydroxyl groups excluding tert-OH is 1. The Labute approximate surface area is 217 Å². The number of nitrogens with zero attached hydrogens (tertiary/aromatic N) is 1. The summed E-state index contributed by atoms with van der Waals surface area (Å²) in [6, 6.07) is 5.77. The van der Waals surface area contributed by atoms with Gasteiger partial charge in [-0.1, -0.05) is 31.9 Å². The molecule has 0 radical (unpaired) electrons. The van der Waals surface area contributed by atoms with Gasteiger partial charge in [-0.3, -0.25) is 9.27 Å². The van der Waals surface area contributed by atoms with E-state index in [1.807, 2.05) is 6.07 Å². The fourth-order valence-electron chi connectivity index (χ4n) is 8.84. The Hall–Kier alpha value is -1.41. The van der Waals surface area contributed by atoms with E-state index in [0.29, 0.717) is 23.4 Å².